The molecule has 0 atom stereocenters. The Kier molecular flexibility index (Phi) is 5.66. The van der Waals surface area contributed by atoms with E-state index in [1.165, 1.54) is 16.4 Å². The zero-order valence-electron chi connectivity index (χ0n) is 18.5. The van der Waals surface area contributed by atoms with Crippen molar-refractivity contribution in [2.24, 2.45) is 0 Å². The molecule has 33 heavy (non-hydrogen) atoms. The number of anilines is 1. The first-order chi connectivity index (χ1) is 16.1. The van der Waals surface area contributed by atoms with Gasteiger partial charge in [-0.1, -0.05) is 42.5 Å². The van der Waals surface area contributed by atoms with Crippen LogP contribution < -0.4 is 10.2 Å². The summed E-state index contributed by atoms with van der Waals surface area (Å²) in [5.74, 6) is -0.357. The molecule has 1 fully saturated rings. The van der Waals surface area contributed by atoms with Crippen LogP contribution in [0.2, 0.25) is 0 Å². The average molecular weight is 443 g/mol. The number of hydrogen-bond donors (Lipinski definition) is 2. The molecule has 8 heteroatoms. The van der Waals surface area contributed by atoms with E-state index in [2.05, 4.69) is 44.4 Å². The van der Waals surface area contributed by atoms with E-state index < -0.39 is 0 Å². The highest BCUT2D eigenvalue weighted by atomic mass is 16.3. The van der Waals surface area contributed by atoms with Gasteiger partial charge in [-0.3, -0.25) is 4.79 Å². The van der Waals surface area contributed by atoms with Crippen LogP contribution >= 0.6 is 0 Å². The number of fused-ring (bicyclic) bond motifs is 1. The van der Waals surface area contributed by atoms with Crippen molar-refractivity contribution < 1.29 is 9.90 Å². The average Bonchev–Trinajstić information content (AvgIpc) is 3.28. The number of rotatable bonds is 5. The molecule has 3 heterocycles. The van der Waals surface area contributed by atoms with E-state index >= 15 is 0 Å². The number of benzene rings is 2. The number of nitrogens with zero attached hydrogens (tertiary/aromatic N) is 5. The van der Waals surface area contributed by atoms with Gasteiger partial charge in [0.1, 0.15) is 5.56 Å². The maximum absolute atomic E-state index is 13.0. The molecule has 8 nitrogen and oxygen atoms in total. The number of aromatic nitrogens is 3. The third-order valence-corrected chi connectivity index (χ3v) is 6.00. The molecule has 0 unspecified atom stereocenters. The van der Waals surface area contributed by atoms with Gasteiger partial charge < -0.3 is 20.2 Å². The number of hydrogen-bond acceptors (Lipinski definition) is 6. The standard InChI is InChI=1S/C25H26N6O2/c1-29-10-12-30(13-11-29)20-9-5-6-18(14-20)16-26-25(33)21-17-27-31-23(32)15-22(28-24(21)31)19-7-3-2-4-8-19/h2-9,14-15,17,32H,10-13,16H2,1H3,(H,26,33). The van der Waals surface area contributed by atoms with E-state index in [0.29, 0.717) is 23.4 Å². The first-order valence-corrected chi connectivity index (χ1v) is 11.0. The molecule has 0 spiro atoms. The van der Waals surface area contributed by atoms with Gasteiger partial charge in [-0.05, 0) is 24.7 Å². The van der Waals surface area contributed by atoms with E-state index in [0.717, 1.165) is 37.3 Å². The van der Waals surface area contributed by atoms with Crippen LogP contribution in [0, 0.1) is 0 Å². The van der Waals surface area contributed by atoms with Crippen LogP contribution in [0.1, 0.15) is 15.9 Å². The first kappa shape index (κ1) is 21.0. The van der Waals surface area contributed by atoms with Gasteiger partial charge in [0.15, 0.2) is 5.65 Å². The second-order valence-corrected chi connectivity index (χ2v) is 8.30. The SMILES string of the molecule is CN1CCN(c2cccc(CNC(=O)c3cnn4c(O)cc(-c5ccccc5)nc34)c2)CC1. The molecule has 2 aromatic heterocycles. The molecule has 0 saturated carbocycles. The van der Waals surface area contributed by atoms with Crippen LogP contribution in [0.15, 0.2) is 66.9 Å². The molecule has 1 amide bonds. The smallest absolute Gasteiger partial charge is 0.257 e. The van der Waals surface area contributed by atoms with E-state index in [4.69, 9.17) is 0 Å². The third-order valence-electron chi connectivity index (χ3n) is 6.00. The highest BCUT2D eigenvalue weighted by molar-refractivity contribution is 6.00. The minimum Gasteiger partial charge on any atom is -0.493 e. The van der Waals surface area contributed by atoms with Gasteiger partial charge in [-0.15, -0.1) is 0 Å². The van der Waals surface area contributed by atoms with Crippen molar-refractivity contribution in [1.82, 2.24) is 24.8 Å². The number of amides is 1. The van der Waals surface area contributed by atoms with E-state index in [1.54, 1.807) is 6.07 Å². The van der Waals surface area contributed by atoms with Crippen molar-refractivity contribution in [3.05, 3.63) is 78.0 Å². The lowest BCUT2D eigenvalue weighted by Crippen LogP contribution is -2.44. The summed E-state index contributed by atoms with van der Waals surface area (Å²) in [6, 6.07) is 19.3. The van der Waals surface area contributed by atoms with Crippen LogP contribution in [0.4, 0.5) is 5.69 Å². The monoisotopic (exact) mass is 442 g/mol. The fraction of sp³-hybridized carbons (Fsp3) is 0.240. The number of likely N-dealkylation sites (N-methyl/N-ethyl adjacent to an activating group) is 1. The summed E-state index contributed by atoms with van der Waals surface area (Å²) < 4.78 is 1.27. The Morgan fingerprint density at radius 3 is 2.61 bits per heavy atom. The molecule has 168 valence electrons. The molecule has 1 saturated heterocycles. The lowest BCUT2D eigenvalue weighted by Gasteiger charge is -2.34. The lowest BCUT2D eigenvalue weighted by molar-refractivity contribution is 0.0952. The Morgan fingerprint density at radius 1 is 1.03 bits per heavy atom. The molecule has 2 aromatic carbocycles. The molecule has 4 aromatic rings. The fourth-order valence-corrected chi connectivity index (χ4v) is 4.07. The van der Waals surface area contributed by atoms with Crippen molar-refractivity contribution >= 4 is 17.2 Å². The maximum atomic E-state index is 13.0. The Bertz CT molecular complexity index is 1280. The molecule has 0 bridgehead atoms. The number of aromatic hydroxyl groups is 1. The Labute approximate surface area is 192 Å². The summed E-state index contributed by atoms with van der Waals surface area (Å²) in [5.41, 5.74) is 4.26. The molecule has 0 aliphatic carbocycles. The zero-order valence-corrected chi connectivity index (χ0v) is 18.5. The summed E-state index contributed by atoms with van der Waals surface area (Å²) in [7, 11) is 2.14. The van der Waals surface area contributed by atoms with E-state index in [-0.39, 0.29) is 11.8 Å². The van der Waals surface area contributed by atoms with Gasteiger partial charge in [-0.2, -0.15) is 9.61 Å². The van der Waals surface area contributed by atoms with Gasteiger partial charge in [0, 0.05) is 50.0 Å². The summed E-state index contributed by atoms with van der Waals surface area (Å²) in [5, 5.41) is 17.5. The third kappa shape index (κ3) is 4.38. The minimum absolute atomic E-state index is 0.0715. The lowest BCUT2D eigenvalue weighted by atomic mass is 10.1. The van der Waals surface area contributed by atoms with Crippen LogP contribution in [0.5, 0.6) is 5.88 Å². The van der Waals surface area contributed by atoms with Gasteiger partial charge in [0.25, 0.3) is 5.91 Å². The molecule has 5 rings (SSSR count). The largest absolute Gasteiger partial charge is 0.493 e. The summed E-state index contributed by atoms with van der Waals surface area (Å²) >= 11 is 0. The number of carbonyl (C=O) groups excluding carboxylic acids is 1. The predicted molar refractivity (Wildman–Crippen MR) is 127 cm³/mol. The zero-order chi connectivity index (χ0) is 22.8. The first-order valence-electron chi connectivity index (χ1n) is 11.0. The Balaban J connectivity index is 1.34. The van der Waals surface area contributed by atoms with E-state index in [1.807, 2.05) is 42.5 Å². The van der Waals surface area contributed by atoms with Gasteiger partial charge in [0.05, 0.1) is 11.9 Å². The number of carbonyl (C=O) groups is 1. The van der Waals surface area contributed by atoms with Crippen LogP contribution in [0.25, 0.3) is 16.9 Å². The van der Waals surface area contributed by atoms with Crippen molar-refractivity contribution in [3.63, 3.8) is 0 Å². The molecule has 1 aliphatic rings. The van der Waals surface area contributed by atoms with Crippen LogP contribution in [-0.4, -0.2) is 63.7 Å². The predicted octanol–water partition coefficient (Wildman–Crippen LogP) is 2.78. The highest BCUT2D eigenvalue weighted by Crippen LogP contribution is 2.24. The normalized spacial score (nSPS) is 14.5. The van der Waals surface area contributed by atoms with Crippen molar-refractivity contribution in [1.29, 1.82) is 0 Å². The van der Waals surface area contributed by atoms with E-state index in [9.17, 15) is 9.90 Å². The van der Waals surface area contributed by atoms with Crippen LogP contribution in [0.3, 0.4) is 0 Å². The van der Waals surface area contributed by atoms with Crippen molar-refractivity contribution in [2.75, 3.05) is 38.1 Å². The highest BCUT2D eigenvalue weighted by Gasteiger charge is 2.18. The maximum Gasteiger partial charge on any atom is 0.257 e. The van der Waals surface area contributed by atoms with Crippen LogP contribution in [-0.2, 0) is 6.54 Å². The molecule has 1 aliphatic heterocycles. The quantitative estimate of drug-likeness (QED) is 0.494. The Morgan fingerprint density at radius 2 is 1.82 bits per heavy atom. The molecule has 0 radical (unpaired) electrons. The van der Waals surface area contributed by atoms with Crippen molar-refractivity contribution in [2.45, 2.75) is 6.54 Å². The number of piperazine rings is 1. The fourth-order valence-electron chi connectivity index (χ4n) is 4.07. The van der Waals surface area contributed by atoms with Gasteiger partial charge >= 0.3 is 0 Å². The summed E-state index contributed by atoms with van der Waals surface area (Å²) in [4.78, 5) is 22.3. The number of nitrogens with one attached hydrogen (secondary N) is 1. The molecule has 2 N–H and O–H groups in total. The van der Waals surface area contributed by atoms with Crippen molar-refractivity contribution in [3.8, 4) is 17.1 Å². The minimum atomic E-state index is -0.285. The molecular formula is C25H26N6O2. The van der Waals surface area contributed by atoms with Gasteiger partial charge in [0.2, 0.25) is 5.88 Å². The van der Waals surface area contributed by atoms with Gasteiger partial charge in [-0.25, -0.2) is 4.98 Å². The topological polar surface area (TPSA) is 86.0 Å². The second kappa shape index (κ2) is 8.91. The molecular weight excluding hydrogens is 416 g/mol. The summed E-state index contributed by atoms with van der Waals surface area (Å²) in [6.45, 7) is 4.46. The second-order valence-electron chi connectivity index (χ2n) is 8.30. The Hall–Kier alpha value is -3.91. The summed E-state index contributed by atoms with van der Waals surface area (Å²) in [6.07, 6.45) is 1.44.